The Bertz CT molecular complexity index is 140. The van der Waals surface area contributed by atoms with Gasteiger partial charge in [0, 0.05) is 10.7 Å². The smallest absolute Gasteiger partial charge is 0.132 e. The molecule has 0 bridgehead atoms. The van der Waals surface area contributed by atoms with Crippen molar-refractivity contribution in [2.45, 2.75) is 38.9 Å². The molecule has 1 nitrogen and oxygen atoms in total. The summed E-state index contributed by atoms with van der Waals surface area (Å²) in [5.41, 5.74) is 0. The van der Waals surface area contributed by atoms with Crippen molar-refractivity contribution in [3.63, 3.8) is 0 Å². The van der Waals surface area contributed by atoms with E-state index in [-0.39, 0.29) is 10.7 Å². The summed E-state index contributed by atoms with van der Waals surface area (Å²) in [5, 5.41) is 0. The molecular weight excluding hydrogens is 156 g/mol. The van der Waals surface area contributed by atoms with Crippen LogP contribution in [-0.2, 0) is 4.79 Å². The number of thioether (sulfide) groups is 1. The summed E-state index contributed by atoms with van der Waals surface area (Å²) >= 11 is 1.82. The van der Waals surface area contributed by atoms with Crippen molar-refractivity contribution in [1.29, 1.82) is 0 Å². The summed E-state index contributed by atoms with van der Waals surface area (Å²) in [4.78, 5) is 10.9. The van der Waals surface area contributed by atoms with Gasteiger partial charge in [0.1, 0.15) is 5.78 Å². The molecule has 0 N–H and O–H groups in total. The summed E-state index contributed by atoms with van der Waals surface area (Å²) < 4.78 is 0.241. The topological polar surface area (TPSA) is 17.1 Å². The quantitative estimate of drug-likeness (QED) is 0.652. The number of rotatable bonds is 4. The van der Waals surface area contributed by atoms with Gasteiger partial charge in [-0.3, -0.25) is 4.79 Å². The van der Waals surface area contributed by atoms with Crippen LogP contribution in [0, 0.1) is 5.92 Å². The molecular formula is C9H18OS. The zero-order valence-electron chi connectivity index (χ0n) is 8.10. The van der Waals surface area contributed by atoms with Crippen LogP contribution in [0.1, 0.15) is 34.1 Å². The van der Waals surface area contributed by atoms with E-state index in [1.165, 1.54) is 0 Å². The average Bonchev–Trinajstić information content (AvgIpc) is 1.87. The number of carbonyl (C=O) groups is 1. The lowest BCUT2D eigenvalue weighted by atomic mass is 9.95. The van der Waals surface area contributed by atoms with Gasteiger partial charge >= 0.3 is 0 Å². The number of hydrogen-bond donors (Lipinski definition) is 0. The lowest BCUT2D eigenvalue weighted by molar-refractivity contribution is -0.120. The van der Waals surface area contributed by atoms with E-state index in [0.717, 1.165) is 6.42 Å². The van der Waals surface area contributed by atoms with Crippen molar-refractivity contribution in [3.8, 4) is 0 Å². The fourth-order valence-corrected chi connectivity index (χ4v) is 1.38. The SMILES string of the molecule is CSC(C)(C)CC(C)C(C)=O. The standard InChI is InChI=1S/C9H18OS/c1-7(8(2)10)6-9(3,4)11-5/h7H,6H2,1-5H3. The molecule has 0 radical (unpaired) electrons. The van der Waals surface area contributed by atoms with Gasteiger partial charge in [-0.25, -0.2) is 0 Å². The van der Waals surface area contributed by atoms with E-state index in [4.69, 9.17) is 0 Å². The minimum absolute atomic E-state index is 0.206. The predicted molar refractivity (Wildman–Crippen MR) is 52.1 cm³/mol. The fraction of sp³-hybridized carbons (Fsp3) is 0.889. The molecule has 0 aliphatic carbocycles. The van der Waals surface area contributed by atoms with Gasteiger partial charge in [0.25, 0.3) is 0 Å². The van der Waals surface area contributed by atoms with Crippen molar-refractivity contribution in [1.82, 2.24) is 0 Å². The van der Waals surface area contributed by atoms with Crippen LogP contribution < -0.4 is 0 Å². The van der Waals surface area contributed by atoms with E-state index in [2.05, 4.69) is 20.1 Å². The molecule has 0 saturated carbocycles. The highest BCUT2D eigenvalue weighted by molar-refractivity contribution is 7.99. The van der Waals surface area contributed by atoms with E-state index >= 15 is 0 Å². The third kappa shape index (κ3) is 4.46. The summed E-state index contributed by atoms with van der Waals surface area (Å²) in [6.45, 7) is 8.02. The monoisotopic (exact) mass is 174 g/mol. The first-order valence-corrected chi connectivity index (χ1v) is 5.17. The molecule has 0 aliphatic heterocycles. The van der Waals surface area contributed by atoms with Crippen molar-refractivity contribution >= 4 is 17.5 Å². The fourth-order valence-electron chi connectivity index (χ4n) is 0.964. The summed E-state index contributed by atoms with van der Waals surface area (Å²) in [6.07, 6.45) is 3.07. The Morgan fingerprint density at radius 3 is 2.27 bits per heavy atom. The molecule has 11 heavy (non-hydrogen) atoms. The van der Waals surface area contributed by atoms with Gasteiger partial charge < -0.3 is 0 Å². The average molecular weight is 174 g/mol. The molecule has 0 heterocycles. The molecule has 2 heteroatoms. The van der Waals surface area contributed by atoms with Gasteiger partial charge in [-0.15, -0.1) is 0 Å². The minimum atomic E-state index is 0.206. The zero-order valence-corrected chi connectivity index (χ0v) is 8.92. The maximum Gasteiger partial charge on any atom is 0.132 e. The molecule has 0 rings (SSSR count). The molecule has 1 unspecified atom stereocenters. The molecule has 0 amide bonds. The molecule has 0 saturated heterocycles. The highest BCUT2D eigenvalue weighted by atomic mass is 32.2. The second kappa shape index (κ2) is 4.15. The summed E-state index contributed by atoms with van der Waals surface area (Å²) in [5.74, 6) is 0.504. The van der Waals surface area contributed by atoms with Gasteiger partial charge in [0.15, 0.2) is 0 Å². The van der Waals surface area contributed by atoms with Crippen LogP contribution in [0.2, 0.25) is 0 Å². The molecule has 1 atom stereocenters. The highest BCUT2D eigenvalue weighted by Crippen LogP contribution is 2.29. The maximum atomic E-state index is 10.9. The summed E-state index contributed by atoms with van der Waals surface area (Å²) in [6, 6.07) is 0. The molecule has 0 aromatic carbocycles. The molecule has 0 aliphatic rings. The van der Waals surface area contributed by atoms with E-state index in [0.29, 0.717) is 5.78 Å². The van der Waals surface area contributed by atoms with E-state index < -0.39 is 0 Å². The first kappa shape index (κ1) is 11.0. The van der Waals surface area contributed by atoms with E-state index in [1.807, 2.05) is 18.7 Å². The third-order valence-electron chi connectivity index (χ3n) is 2.04. The van der Waals surface area contributed by atoms with E-state index in [1.54, 1.807) is 6.92 Å². The Hall–Kier alpha value is 0.0200. The normalized spacial score (nSPS) is 14.6. The number of carbonyl (C=O) groups excluding carboxylic acids is 1. The van der Waals surface area contributed by atoms with Crippen molar-refractivity contribution in [3.05, 3.63) is 0 Å². The van der Waals surface area contributed by atoms with Crippen LogP contribution in [0.15, 0.2) is 0 Å². The van der Waals surface area contributed by atoms with Crippen LogP contribution in [0.4, 0.5) is 0 Å². The number of ketones is 1. The Morgan fingerprint density at radius 1 is 1.55 bits per heavy atom. The lowest BCUT2D eigenvalue weighted by Crippen LogP contribution is -2.21. The molecule has 0 fully saturated rings. The lowest BCUT2D eigenvalue weighted by Gasteiger charge is -2.24. The third-order valence-corrected chi connectivity index (χ3v) is 3.32. The van der Waals surface area contributed by atoms with Gasteiger partial charge in [-0.2, -0.15) is 11.8 Å². The summed E-state index contributed by atoms with van der Waals surface area (Å²) in [7, 11) is 0. The van der Waals surface area contributed by atoms with Gasteiger partial charge in [0.05, 0.1) is 0 Å². The second-order valence-corrected chi connectivity index (χ2v) is 5.19. The minimum Gasteiger partial charge on any atom is -0.300 e. The Balaban J connectivity index is 3.93. The van der Waals surface area contributed by atoms with Gasteiger partial charge in [-0.1, -0.05) is 20.8 Å². The molecule has 66 valence electrons. The first-order chi connectivity index (χ1) is 4.89. The van der Waals surface area contributed by atoms with Crippen molar-refractivity contribution < 1.29 is 4.79 Å². The van der Waals surface area contributed by atoms with Gasteiger partial charge in [0.2, 0.25) is 0 Å². The predicted octanol–water partition coefficient (Wildman–Crippen LogP) is 2.74. The molecule has 0 spiro atoms. The van der Waals surface area contributed by atoms with Crippen LogP contribution in [0.5, 0.6) is 0 Å². The zero-order chi connectivity index (χ0) is 9.07. The first-order valence-electron chi connectivity index (χ1n) is 3.94. The number of Topliss-reactive ketones (excluding diaryl/α,β-unsaturated/α-hetero) is 1. The Labute approximate surface area is 73.9 Å². The maximum absolute atomic E-state index is 10.9. The molecule has 0 aromatic rings. The van der Waals surface area contributed by atoms with E-state index in [9.17, 15) is 4.79 Å². The van der Waals surface area contributed by atoms with Crippen LogP contribution in [-0.4, -0.2) is 16.8 Å². The van der Waals surface area contributed by atoms with Crippen LogP contribution in [0.3, 0.4) is 0 Å². The van der Waals surface area contributed by atoms with Crippen molar-refractivity contribution in [2.75, 3.05) is 6.26 Å². The number of hydrogen-bond acceptors (Lipinski definition) is 2. The Morgan fingerprint density at radius 2 is 2.00 bits per heavy atom. The van der Waals surface area contributed by atoms with Crippen LogP contribution in [0.25, 0.3) is 0 Å². The van der Waals surface area contributed by atoms with Crippen molar-refractivity contribution in [2.24, 2.45) is 5.92 Å². The largest absolute Gasteiger partial charge is 0.300 e. The highest BCUT2D eigenvalue weighted by Gasteiger charge is 2.21. The van der Waals surface area contributed by atoms with Gasteiger partial charge in [-0.05, 0) is 19.6 Å². The molecule has 0 aromatic heterocycles. The van der Waals surface area contributed by atoms with Crippen LogP contribution >= 0.6 is 11.8 Å². The second-order valence-electron chi connectivity index (χ2n) is 3.68. The Kier molecular flexibility index (Phi) is 4.16.